The van der Waals surface area contributed by atoms with Crippen molar-refractivity contribution >= 4 is 51.3 Å². The Morgan fingerprint density at radius 2 is 1.79 bits per heavy atom. The smallest absolute Gasteiger partial charge is 0.321 e. The summed E-state index contributed by atoms with van der Waals surface area (Å²) >= 11 is 1.28. The van der Waals surface area contributed by atoms with Crippen LogP contribution in [0, 0.1) is 0 Å². The third-order valence-corrected chi connectivity index (χ3v) is 5.63. The lowest BCUT2D eigenvalue weighted by molar-refractivity contribution is -0.117. The van der Waals surface area contributed by atoms with Crippen molar-refractivity contribution in [1.29, 1.82) is 0 Å². The Hall–Kier alpha value is -3.13. The predicted octanol–water partition coefficient (Wildman–Crippen LogP) is 3.75. The van der Waals surface area contributed by atoms with Crippen LogP contribution in [0.2, 0.25) is 0 Å². The van der Waals surface area contributed by atoms with E-state index < -0.39 is 6.03 Å². The van der Waals surface area contributed by atoms with E-state index in [1.807, 2.05) is 66.8 Å². The predicted molar refractivity (Wildman–Crippen MR) is 115 cm³/mol. The van der Waals surface area contributed by atoms with Gasteiger partial charge in [-0.2, -0.15) is 0 Å². The molecule has 7 nitrogen and oxygen atoms in total. The molecule has 4 aromatic rings. The highest BCUT2D eigenvalue weighted by Crippen LogP contribution is 2.28. The molecule has 1 atom stereocenters. The van der Waals surface area contributed by atoms with Crippen molar-refractivity contribution in [2.75, 3.05) is 5.75 Å². The molecule has 2 heterocycles. The second-order valence-corrected chi connectivity index (χ2v) is 7.73. The van der Waals surface area contributed by atoms with E-state index >= 15 is 0 Å². The van der Waals surface area contributed by atoms with Crippen molar-refractivity contribution in [2.45, 2.75) is 31.5 Å². The van der Waals surface area contributed by atoms with Crippen molar-refractivity contribution in [3.8, 4) is 0 Å². The fourth-order valence-corrected chi connectivity index (χ4v) is 3.87. The largest absolute Gasteiger partial charge is 0.335 e. The van der Waals surface area contributed by atoms with E-state index in [4.69, 9.17) is 9.97 Å². The van der Waals surface area contributed by atoms with Crippen LogP contribution in [-0.2, 0) is 4.79 Å². The van der Waals surface area contributed by atoms with Crippen LogP contribution in [0.5, 0.6) is 0 Å². The summed E-state index contributed by atoms with van der Waals surface area (Å²) in [5.41, 5.74) is 3.41. The molecule has 3 amide bonds. The van der Waals surface area contributed by atoms with Gasteiger partial charge in [0.15, 0.2) is 5.16 Å². The first-order valence-electron chi connectivity index (χ1n) is 9.46. The third kappa shape index (κ3) is 3.88. The lowest BCUT2D eigenvalue weighted by atomic mass is 10.2. The second kappa shape index (κ2) is 8.08. The van der Waals surface area contributed by atoms with Gasteiger partial charge < -0.3 is 5.32 Å². The van der Waals surface area contributed by atoms with Crippen LogP contribution in [-0.4, -0.2) is 38.1 Å². The third-order valence-electron chi connectivity index (χ3n) is 4.69. The number of amides is 3. The van der Waals surface area contributed by atoms with E-state index in [0.717, 1.165) is 34.0 Å². The summed E-state index contributed by atoms with van der Waals surface area (Å²) in [6.45, 7) is 3.85. The molecule has 4 rings (SSSR count). The molecule has 0 aliphatic carbocycles. The summed E-state index contributed by atoms with van der Waals surface area (Å²) in [6, 6.07) is 15.2. The van der Waals surface area contributed by atoms with Crippen LogP contribution < -0.4 is 10.6 Å². The Morgan fingerprint density at radius 3 is 2.59 bits per heavy atom. The molecule has 29 heavy (non-hydrogen) atoms. The normalized spacial score (nSPS) is 12.3. The minimum absolute atomic E-state index is 0.00884. The number of imidazole rings is 1. The Morgan fingerprint density at radius 1 is 1.07 bits per heavy atom. The van der Waals surface area contributed by atoms with E-state index in [-0.39, 0.29) is 17.7 Å². The Bertz CT molecular complexity index is 1220. The van der Waals surface area contributed by atoms with Crippen LogP contribution in [0.25, 0.3) is 27.6 Å². The minimum atomic E-state index is -0.477. The van der Waals surface area contributed by atoms with E-state index in [1.165, 1.54) is 11.8 Å². The number of carbonyl (C=O) groups is 2. The molecule has 2 aromatic carbocycles. The number of aromatic nitrogens is 3. The molecule has 0 saturated heterocycles. The number of fused-ring (bicyclic) bond motifs is 5. The molecule has 0 spiro atoms. The summed E-state index contributed by atoms with van der Waals surface area (Å²) in [4.78, 5) is 33.6. The van der Waals surface area contributed by atoms with E-state index in [1.54, 1.807) is 0 Å². The molecule has 0 aliphatic heterocycles. The van der Waals surface area contributed by atoms with Crippen molar-refractivity contribution < 1.29 is 9.59 Å². The summed E-state index contributed by atoms with van der Waals surface area (Å²) < 4.78 is 1.97. The average molecular weight is 407 g/mol. The molecule has 8 heteroatoms. The van der Waals surface area contributed by atoms with Gasteiger partial charge >= 0.3 is 6.03 Å². The maximum atomic E-state index is 12.3. The van der Waals surface area contributed by atoms with Gasteiger partial charge in [-0.15, -0.1) is 0 Å². The SMILES string of the molecule is CC[C@@H](C)NC(=O)NC(=O)CSc1nc2ccccc2c2nc3ccccc3n12. The fourth-order valence-electron chi connectivity index (χ4n) is 3.07. The Labute approximate surface area is 171 Å². The maximum Gasteiger partial charge on any atom is 0.321 e. The molecule has 2 N–H and O–H groups in total. The van der Waals surface area contributed by atoms with Crippen molar-refractivity contribution in [3.63, 3.8) is 0 Å². The number of hydrogen-bond donors (Lipinski definition) is 2. The van der Waals surface area contributed by atoms with Gasteiger partial charge in [0.2, 0.25) is 5.91 Å². The number of carbonyl (C=O) groups excluding carboxylic acids is 2. The number of thioether (sulfide) groups is 1. The number of imide groups is 1. The van der Waals surface area contributed by atoms with Crippen molar-refractivity contribution in [3.05, 3.63) is 48.5 Å². The van der Waals surface area contributed by atoms with Crippen LogP contribution in [0.1, 0.15) is 20.3 Å². The standard InChI is InChI=1S/C21H21N5O2S/c1-3-13(2)22-20(28)25-18(27)12-29-21-24-15-9-5-4-8-14(15)19-23-16-10-6-7-11-17(16)26(19)21/h4-11,13H,3,12H2,1-2H3,(H2,22,25,27,28)/t13-/m1/s1. The highest BCUT2D eigenvalue weighted by Gasteiger charge is 2.16. The minimum Gasteiger partial charge on any atom is -0.335 e. The molecule has 0 unspecified atom stereocenters. The second-order valence-electron chi connectivity index (χ2n) is 6.79. The molecule has 0 aliphatic rings. The lowest BCUT2D eigenvalue weighted by Gasteiger charge is -2.12. The molecular weight excluding hydrogens is 386 g/mol. The van der Waals surface area contributed by atoms with E-state index in [9.17, 15) is 9.59 Å². The van der Waals surface area contributed by atoms with Crippen molar-refractivity contribution in [1.82, 2.24) is 25.0 Å². The number of nitrogens with zero attached hydrogens (tertiary/aromatic N) is 3. The number of benzene rings is 2. The van der Waals surface area contributed by atoms with Crippen molar-refractivity contribution in [2.24, 2.45) is 0 Å². The molecular formula is C21H21N5O2S. The monoisotopic (exact) mass is 407 g/mol. The lowest BCUT2D eigenvalue weighted by Crippen LogP contribution is -2.43. The molecule has 0 bridgehead atoms. The van der Waals surface area contributed by atoms with E-state index in [2.05, 4.69) is 10.6 Å². The van der Waals surface area contributed by atoms with Gasteiger partial charge in [-0.3, -0.25) is 14.5 Å². The molecule has 0 radical (unpaired) electrons. The molecule has 0 saturated carbocycles. The zero-order chi connectivity index (χ0) is 20.4. The number of rotatable bonds is 5. The van der Waals surface area contributed by atoms with Crippen LogP contribution >= 0.6 is 11.8 Å². The molecule has 2 aromatic heterocycles. The van der Waals surface area contributed by atoms with Crippen LogP contribution in [0.15, 0.2) is 53.7 Å². The highest BCUT2D eigenvalue weighted by molar-refractivity contribution is 7.99. The highest BCUT2D eigenvalue weighted by atomic mass is 32.2. The number of nitrogens with one attached hydrogen (secondary N) is 2. The molecule has 148 valence electrons. The first-order chi connectivity index (χ1) is 14.1. The fraction of sp³-hybridized carbons (Fsp3) is 0.238. The van der Waals surface area contributed by atoms with Gasteiger partial charge in [-0.1, -0.05) is 43.0 Å². The van der Waals surface area contributed by atoms with Gasteiger partial charge in [0.1, 0.15) is 5.65 Å². The van der Waals surface area contributed by atoms with Crippen LogP contribution in [0.4, 0.5) is 4.79 Å². The first-order valence-corrected chi connectivity index (χ1v) is 10.4. The number of urea groups is 1. The van der Waals surface area contributed by atoms with Gasteiger partial charge in [0.05, 0.1) is 22.3 Å². The first kappa shape index (κ1) is 19.2. The summed E-state index contributed by atoms with van der Waals surface area (Å²) in [7, 11) is 0. The number of hydrogen-bond acceptors (Lipinski definition) is 5. The van der Waals surface area contributed by atoms with Gasteiger partial charge in [-0.25, -0.2) is 14.8 Å². The Balaban J connectivity index is 1.64. The van der Waals surface area contributed by atoms with Gasteiger partial charge in [0.25, 0.3) is 0 Å². The van der Waals surface area contributed by atoms with Gasteiger partial charge in [0, 0.05) is 11.4 Å². The van der Waals surface area contributed by atoms with E-state index in [0.29, 0.717) is 5.16 Å². The topological polar surface area (TPSA) is 88.4 Å². The maximum absolute atomic E-state index is 12.3. The molecule has 0 fully saturated rings. The summed E-state index contributed by atoms with van der Waals surface area (Å²) in [5.74, 6) is -0.302. The Kier molecular flexibility index (Phi) is 5.35. The van der Waals surface area contributed by atoms with Crippen LogP contribution in [0.3, 0.4) is 0 Å². The summed E-state index contributed by atoms with van der Waals surface area (Å²) in [5, 5.41) is 6.70. The van der Waals surface area contributed by atoms with Gasteiger partial charge in [-0.05, 0) is 37.6 Å². The number of para-hydroxylation sites is 3. The average Bonchev–Trinajstić information content (AvgIpc) is 3.12. The quantitative estimate of drug-likeness (QED) is 0.389. The summed E-state index contributed by atoms with van der Waals surface area (Å²) in [6.07, 6.45) is 0.795. The zero-order valence-corrected chi connectivity index (χ0v) is 17.0. The zero-order valence-electron chi connectivity index (χ0n) is 16.2.